The first-order chi connectivity index (χ1) is 15.5. The predicted molar refractivity (Wildman–Crippen MR) is 135 cm³/mol. The van der Waals surface area contributed by atoms with Crippen LogP contribution in [0.5, 0.6) is 0 Å². The van der Waals surface area contributed by atoms with Gasteiger partial charge in [-0.05, 0) is 44.4 Å². The van der Waals surface area contributed by atoms with E-state index in [1.165, 1.54) is 83.5 Å². The largest absolute Gasteiger partial charge is 0.481 e. The molecule has 0 spiro atoms. The lowest BCUT2D eigenvalue weighted by Gasteiger charge is -2.18. The lowest BCUT2D eigenvalue weighted by atomic mass is 10.0. The van der Waals surface area contributed by atoms with Gasteiger partial charge < -0.3 is 9.84 Å². The molecule has 0 aromatic rings. The minimum absolute atomic E-state index is 0.0427. The Hall–Kier alpha value is -1.06. The number of esters is 1. The van der Waals surface area contributed by atoms with E-state index in [0.717, 1.165) is 31.6 Å². The second-order valence-electron chi connectivity index (χ2n) is 10.1. The third-order valence-electron chi connectivity index (χ3n) is 6.26. The molecule has 0 radical (unpaired) electrons. The maximum Gasteiger partial charge on any atom is 0.306 e. The Kier molecular flexibility index (Phi) is 22.3. The fourth-order valence-electron chi connectivity index (χ4n) is 4.19. The molecule has 0 rings (SSSR count). The van der Waals surface area contributed by atoms with E-state index in [0.29, 0.717) is 19.3 Å². The van der Waals surface area contributed by atoms with E-state index in [4.69, 9.17) is 9.84 Å². The third-order valence-corrected chi connectivity index (χ3v) is 6.26. The molecule has 0 fully saturated rings. The minimum atomic E-state index is -0.797. The van der Waals surface area contributed by atoms with Crippen molar-refractivity contribution in [2.45, 2.75) is 162 Å². The van der Waals surface area contributed by atoms with E-state index in [2.05, 4.69) is 20.8 Å². The molecule has 0 aliphatic carbocycles. The summed E-state index contributed by atoms with van der Waals surface area (Å²) >= 11 is 0. The maximum atomic E-state index is 12.2. The summed E-state index contributed by atoms with van der Waals surface area (Å²) in [4.78, 5) is 22.8. The second-order valence-corrected chi connectivity index (χ2v) is 10.1. The van der Waals surface area contributed by atoms with Gasteiger partial charge in [0, 0.05) is 12.8 Å². The van der Waals surface area contributed by atoms with E-state index >= 15 is 0 Å². The Bertz CT molecular complexity index is 433. The number of carbonyl (C=O) groups excluding carboxylic acids is 1. The molecule has 1 atom stereocenters. The van der Waals surface area contributed by atoms with Crippen molar-refractivity contribution in [1.82, 2.24) is 0 Å². The van der Waals surface area contributed by atoms with Crippen LogP contribution in [0.2, 0.25) is 0 Å². The monoisotopic (exact) mass is 454 g/mol. The van der Waals surface area contributed by atoms with Crippen LogP contribution in [-0.4, -0.2) is 23.1 Å². The molecule has 190 valence electrons. The average molecular weight is 455 g/mol. The zero-order valence-corrected chi connectivity index (χ0v) is 21.7. The SMILES string of the molecule is CCCCCCCCCCCCC(CCCCCCC(C)C)OC(=O)CCCCC(=O)O. The van der Waals surface area contributed by atoms with Gasteiger partial charge in [-0.3, -0.25) is 9.59 Å². The molecule has 32 heavy (non-hydrogen) atoms. The normalized spacial score (nSPS) is 12.2. The van der Waals surface area contributed by atoms with Gasteiger partial charge in [-0.2, -0.15) is 0 Å². The standard InChI is InChI=1S/C28H54O4/c1-4-5-6-7-8-9-10-11-12-16-21-26(22-17-14-13-15-20-25(2)3)32-28(31)24-19-18-23-27(29)30/h25-26H,4-24H2,1-3H3,(H,29,30). The summed E-state index contributed by atoms with van der Waals surface area (Å²) in [6.07, 6.45) is 23.0. The first-order valence-corrected chi connectivity index (χ1v) is 13.9. The van der Waals surface area contributed by atoms with E-state index in [1.807, 2.05) is 0 Å². The van der Waals surface area contributed by atoms with Crippen LogP contribution in [0.1, 0.15) is 156 Å². The van der Waals surface area contributed by atoms with E-state index in [-0.39, 0.29) is 18.5 Å². The van der Waals surface area contributed by atoms with Crippen molar-refractivity contribution in [2.75, 3.05) is 0 Å². The summed E-state index contributed by atoms with van der Waals surface area (Å²) in [6.45, 7) is 6.81. The van der Waals surface area contributed by atoms with Gasteiger partial charge in [0.15, 0.2) is 0 Å². The van der Waals surface area contributed by atoms with E-state index < -0.39 is 5.97 Å². The molecule has 0 bridgehead atoms. The van der Waals surface area contributed by atoms with Crippen molar-refractivity contribution in [3.05, 3.63) is 0 Å². The molecule has 0 saturated heterocycles. The summed E-state index contributed by atoms with van der Waals surface area (Å²) < 4.78 is 5.80. The molecule has 1 N–H and O–H groups in total. The molecule has 0 amide bonds. The van der Waals surface area contributed by atoms with Gasteiger partial charge in [0.25, 0.3) is 0 Å². The van der Waals surface area contributed by atoms with Crippen molar-refractivity contribution in [2.24, 2.45) is 5.92 Å². The second kappa shape index (κ2) is 23.1. The molecule has 1 unspecified atom stereocenters. The van der Waals surface area contributed by atoms with Gasteiger partial charge in [-0.15, -0.1) is 0 Å². The first-order valence-electron chi connectivity index (χ1n) is 13.9. The number of hydrogen-bond donors (Lipinski definition) is 1. The molecule has 0 aliphatic rings. The number of carboxylic acids is 1. The molecule has 0 aromatic heterocycles. The van der Waals surface area contributed by atoms with Crippen molar-refractivity contribution in [3.8, 4) is 0 Å². The van der Waals surface area contributed by atoms with Crippen LogP contribution < -0.4 is 0 Å². The van der Waals surface area contributed by atoms with Crippen LogP contribution in [0.4, 0.5) is 0 Å². The summed E-state index contributed by atoms with van der Waals surface area (Å²) in [5.41, 5.74) is 0. The number of carboxylic acid groups (broad SMARTS) is 1. The van der Waals surface area contributed by atoms with Gasteiger partial charge in [0.1, 0.15) is 6.10 Å². The van der Waals surface area contributed by atoms with Gasteiger partial charge >= 0.3 is 11.9 Å². The maximum absolute atomic E-state index is 12.2. The van der Waals surface area contributed by atoms with Crippen LogP contribution in [0.3, 0.4) is 0 Å². The molecule has 0 aliphatic heterocycles. The highest BCUT2D eigenvalue weighted by molar-refractivity contribution is 5.70. The zero-order valence-electron chi connectivity index (χ0n) is 21.7. The number of unbranched alkanes of at least 4 members (excludes halogenated alkanes) is 13. The third kappa shape index (κ3) is 23.6. The van der Waals surface area contributed by atoms with Gasteiger partial charge in [-0.25, -0.2) is 0 Å². The minimum Gasteiger partial charge on any atom is -0.481 e. The number of rotatable bonds is 24. The smallest absolute Gasteiger partial charge is 0.306 e. The molecule has 4 nitrogen and oxygen atoms in total. The number of ether oxygens (including phenoxy) is 1. The molecule has 4 heteroatoms. The summed E-state index contributed by atoms with van der Waals surface area (Å²) in [6, 6.07) is 0. The zero-order chi connectivity index (χ0) is 23.9. The Morgan fingerprint density at radius 2 is 1.06 bits per heavy atom. The van der Waals surface area contributed by atoms with Crippen LogP contribution in [0.25, 0.3) is 0 Å². The topological polar surface area (TPSA) is 63.6 Å². The number of aliphatic carboxylic acids is 1. The predicted octanol–water partition coefficient (Wildman–Crippen LogP) is 8.85. The van der Waals surface area contributed by atoms with Crippen molar-refractivity contribution in [3.63, 3.8) is 0 Å². The highest BCUT2D eigenvalue weighted by Crippen LogP contribution is 2.19. The van der Waals surface area contributed by atoms with Crippen molar-refractivity contribution >= 4 is 11.9 Å². The Morgan fingerprint density at radius 3 is 1.53 bits per heavy atom. The van der Waals surface area contributed by atoms with Crippen molar-refractivity contribution < 1.29 is 19.4 Å². The average Bonchev–Trinajstić information content (AvgIpc) is 2.74. The molecule has 0 saturated carbocycles. The van der Waals surface area contributed by atoms with Crippen LogP contribution >= 0.6 is 0 Å². The van der Waals surface area contributed by atoms with E-state index in [1.54, 1.807) is 0 Å². The van der Waals surface area contributed by atoms with Crippen molar-refractivity contribution in [1.29, 1.82) is 0 Å². The fraction of sp³-hybridized carbons (Fsp3) is 0.929. The lowest BCUT2D eigenvalue weighted by molar-refractivity contribution is -0.150. The summed E-state index contributed by atoms with van der Waals surface area (Å²) in [5.74, 6) is -0.164. The van der Waals surface area contributed by atoms with Crippen LogP contribution in [0.15, 0.2) is 0 Å². The first kappa shape index (κ1) is 30.9. The summed E-state index contributed by atoms with van der Waals surface area (Å²) in [7, 11) is 0. The lowest BCUT2D eigenvalue weighted by Crippen LogP contribution is -2.18. The van der Waals surface area contributed by atoms with Gasteiger partial charge in [0.05, 0.1) is 0 Å². The van der Waals surface area contributed by atoms with Gasteiger partial charge in [0.2, 0.25) is 0 Å². The summed E-state index contributed by atoms with van der Waals surface area (Å²) in [5, 5.41) is 8.72. The quantitative estimate of drug-likeness (QED) is 0.117. The molecule has 0 heterocycles. The number of hydrogen-bond acceptors (Lipinski definition) is 3. The highest BCUT2D eigenvalue weighted by Gasteiger charge is 2.14. The molecule has 0 aromatic carbocycles. The molecular weight excluding hydrogens is 400 g/mol. The Balaban J connectivity index is 4.04. The number of carbonyl (C=O) groups is 2. The van der Waals surface area contributed by atoms with Crippen LogP contribution in [0, 0.1) is 5.92 Å². The highest BCUT2D eigenvalue weighted by atomic mass is 16.5. The van der Waals surface area contributed by atoms with E-state index in [9.17, 15) is 9.59 Å². The molecular formula is C28H54O4. The van der Waals surface area contributed by atoms with Gasteiger partial charge in [-0.1, -0.05) is 104 Å². The fourth-order valence-corrected chi connectivity index (χ4v) is 4.19. The Morgan fingerprint density at radius 1 is 0.625 bits per heavy atom. The Labute approximate surface area is 199 Å². The van der Waals surface area contributed by atoms with Crippen LogP contribution in [-0.2, 0) is 14.3 Å².